The molecule has 1 heterocycles. The van der Waals surface area contributed by atoms with Crippen molar-refractivity contribution >= 4 is 11.5 Å². The lowest BCUT2D eigenvalue weighted by Crippen LogP contribution is -2.02. The number of rotatable bonds is 3. The Labute approximate surface area is 94.5 Å². The van der Waals surface area contributed by atoms with E-state index in [1.54, 1.807) is 6.20 Å². The van der Waals surface area contributed by atoms with E-state index in [0.717, 1.165) is 22.9 Å². The topological polar surface area (TPSA) is 63.8 Å². The van der Waals surface area contributed by atoms with Gasteiger partial charge in [0.25, 0.3) is 0 Å². The van der Waals surface area contributed by atoms with Gasteiger partial charge in [0.05, 0.1) is 0 Å². The zero-order valence-electron chi connectivity index (χ0n) is 9.14. The van der Waals surface area contributed by atoms with Gasteiger partial charge in [-0.1, -0.05) is 12.1 Å². The average molecular weight is 214 g/mol. The Kier molecular flexibility index (Phi) is 3.00. The molecule has 0 atom stereocenters. The Morgan fingerprint density at radius 3 is 2.94 bits per heavy atom. The number of aryl methyl sites for hydroxylation is 1. The van der Waals surface area contributed by atoms with Gasteiger partial charge in [-0.15, -0.1) is 0 Å². The van der Waals surface area contributed by atoms with Gasteiger partial charge >= 0.3 is 0 Å². The van der Waals surface area contributed by atoms with E-state index in [9.17, 15) is 0 Å². The molecule has 0 radical (unpaired) electrons. The largest absolute Gasteiger partial charge is 0.399 e. The molecule has 0 spiro atoms. The predicted octanol–water partition coefficient (Wildman–Crippen LogP) is 1.98. The van der Waals surface area contributed by atoms with E-state index in [1.807, 2.05) is 37.3 Å². The minimum Gasteiger partial charge on any atom is -0.399 e. The maximum Gasteiger partial charge on any atom is 0.129 e. The third-order valence-corrected chi connectivity index (χ3v) is 2.20. The summed E-state index contributed by atoms with van der Waals surface area (Å²) >= 11 is 0. The number of hydrogen-bond acceptors (Lipinski definition) is 4. The van der Waals surface area contributed by atoms with Crippen molar-refractivity contribution in [3.63, 3.8) is 0 Å². The minimum atomic E-state index is 0.710. The van der Waals surface area contributed by atoms with Crippen LogP contribution in [0.3, 0.4) is 0 Å². The molecule has 0 amide bonds. The first-order chi connectivity index (χ1) is 7.74. The standard InChI is InChI=1S/C12H14N4/c1-9-14-6-5-12(16-9)15-8-10-3-2-4-11(13)7-10/h2-7H,8,13H2,1H3,(H,14,15,16). The molecule has 3 N–H and O–H groups in total. The molecule has 0 aliphatic heterocycles. The highest BCUT2D eigenvalue weighted by molar-refractivity contribution is 5.42. The fraction of sp³-hybridized carbons (Fsp3) is 0.167. The van der Waals surface area contributed by atoms with Gasteiger partial charge in [0.1, 0.15) is 11.6 Å². The van der Waals surface area contributed by atoms with Gasteiger partial charge in [-0.25, -0.2) is 9.97 Å². The molecule has 4 heteroatoms. The monoisotopic (exact) mass is 214 g/mol. The molecule has 82 valence electrons. The third kappa shape index (κ3) is 2.70. The molecule has 1 aromatic carbocycles. The zero-order valence-corrected chi connectivity index (χ0v) is 9.14. The van der Waals surface area contributed by atoms with Crippen molar-refractivity contribution in [1.82, 2.24) is 9.97 Å². The van der Waals surface area contributed by atoms with E-state index in [1.165, 1.54) is 0 Å². The SMILES string of the molecule is Cc1nccc(NCc2cccc(N)c2)n1. The van der Waals surface area contributed by atoms with Crippen molar-refractivity contribution in [3.05, 3.63) is 47.9 Å². The van der Waals surface area contributed by atoms with Crippen LogP contribution in [-0.4, -0.2) is 9.97 Å². The molecule has 0 bridgehead atoms. The first-order valence-electron chi connectivity index (χ1n) is 5.12. The van der Waals surface area contributed by atoms with E-state index in [0.29, 0.717) is 6.54 Å². The first kappa shape index (κ1) is 10.4. The molecule has 16 heavy (non-hydrogen) atoms. The summed E-state index contributed by atoms with van der Waals surface area (Å²) in [5, 5.41) is 3.22. The maximum atomic E-state index is 5.70. The van der Waals surface area contributed by atoms with Crippen LogP contribution >= 0.6 is 0 Å². The van der Waals surface area contributed by atoms with E-state index in [2.05, 4.69) is 15.3 Å². The van der Waals surface area contributed by atoms with Crippen LogP contribution in [0, 0.1) is 6.92 Å². The third-order valence-electron chi connectivity index (χ3n) is 2.20. The molecule has 4 nitrogen and oxygen atoms in total. The van der Waals surface area contributed by atoms with Gasteiger partial charge in [0.2, 0.25) is 0 Å². The van der Waals surface area contributed by atoms with E-state index in [4.69, 9.17) is 5.73 Å². The van der Waals surface area contributed by atoms with Crippen LogP contribution in [0.15, 0.2) is 36.5 Å². The minimum absolute atomic E-state index is 0.710. The van der Waals surface area contributed by atoms with Crippen molar-refractivity contribution in [2.24, 2.45) is 0 Å². The summed E-state index contributed by atoms with van der Waals surface area (Å²) in [6.45, 7) is 2.58. The van der Waals surface area contributed by atoms with E-state index >= 15 is 0 Å². The summed E-state index contributed by atoms with van der Waals surface area (Å²) in [4.78, 5) is 8.30. The van der Waals surface area contributed by atoms with Crippen molar-refractivity contribution < 1.29 is 0 Å². The highest BCUT2D eigenvalue weighted by atomic mass is 15.0. The average Bonchev–Trinajstić information content (AvgIpc) is 2.27. The van der Waals surface area contributed by atoms with Crippen LogP contribution in [0.2, 0.25) is 0 Å². The van der Waals surface area contributed by atoms with Gasteiger partial charge in [-0.05, 0) is 30.7 Å². The van der Waals surface area contributed by atoms with Gasteiger partial charge in [0, 0.05) is 18.4 Å². The Balaban J connectivity index is 2.02. The molecule has 0 aliphatic carbocycles. The zero-order chi connectivity index (χ0) is 11.4. The normalized spacial score (nSPS) is 10.1. The molecule has 2 rings (SSSR count). The lowest BCUT2D eigenvalue weighted by molar-refractivity contribution is 1.02. The highest BCUT2D eigenvalue weighted by Crippen LogP contribution is 2.09. The lowest BCUT2D eigenvalue weighted by Gasteiger charge is -2.06. The van der Waals surface area contributed by atoms with Gasteiger partial charge in [0.15, 0.2) is 0 Å². The Hall–Kier alpha value is -2.10. The van der Waals surface area contributed by atoms with Crippen molar-refractivity contribution in [3.8, 4) is 0 Å². The summed E-state index contributed by atoms with van der Waals surface area (Å²) in [5.74, 6) is 1.59. The fourth-order valence-corrected chi connectivity index (χ4v) is 1.45. The quantitative estimate of drug-likeness (QED) is 0.767. The molecule has 0 saturated heterocycles. The first-order valence-corrected chi connectivity index (χ1v) is 5.12. The lowest BCUT2D eigenvalue weighted by atomic mass is 10.2. The number of nitrogens with two attached hydrogens (primary N) is 1. The van der Waals surface area contributed by atoms with Crippen LogP contribution in [0.25, 0.3) is 0 Å². The molecule has 0 fully saturated rings. The summed E-state index contributed by atoms with van der Waals surface area (Å²) in [6, 6.07) is 9.63. The summed E-state index contributed by atoms with van der Waals surface area (Å²) in [7, 11) is 0. The van der Waals surface area contributed by atoms with E-state index in [-0.39, 0.29) is 0 Å². The molecule has 0 unspecified atom stereocenters. The molecule has 0 saturated carbocycles. The number of nitrogens with zero attached hydrogens (tertiary/aromatic N) is 2. The summed E-state index contributed by atoms with van der Waals surface area (Å²) in [6.07, 6.45) is 1.74. The fourth-order valence-electron chi connectivity index (χ4n) is 1.45. The smallest absolute Gasteiger partial charge is 0.129 e. The summed E-state index contributed by atoms with van der Waals surface area (Å²) in [5.41, 5.74) is 7.61. The Morgan fingerprint density at radius 1 is 1.31 bits per heavy atom. The Bertz CT molecular complexity index is 436. The van der Waals surface area contributed by atoms with Crippen molar-refractivity contribution in [1.29, 1.82) is 0 Å². The summed E-state index contributed by atoms with van der Waals surface area (Å²) < 4.78 is 0. The number of nitrogen functional groups attached to an aromatic ring is 1. The van der Waals surface area contributed by atoms with Gasteiger partial charge in [-0.3, -0.25) is 0 Å². The van der Waals surface area contributed by atoms with Crippen LogP contribution < -0.4 is 11.1 Å². The van der Waals surface area contributed by atoms with Crippen LogP contribution in [0.1, 0.15) is 11.4 Å². The number of anilines is 2. The second-order valence-corrected chi connectivity index (χ2v) is 3.59. The predicted molar refractivity (Wildman–Crippen MR) is 65.0 cm³/mol. The molecular weight excluding hydrogens is 200 g/mol. The number of nitrogens with one attached hydrogen (secondary N) is 1. The van der Waals surface area contributed by atoms with Crippen LogP contribution in [0.5, 0.6) is 0 Å². The Morgan fingerprint density at radius 2 is 2.19 bits per heavy atom. The molecule has 0 aliphatic rings. The second-order valence-electron chi connectivity index (χ2n) is 3.59. The number of hydrogen-bond donors (Lipinski definition) is 2. The molecule has 1 aromatic heterocycles. The van der Waals surface area contributed by atoms with Gasteiger partial charge < -0.3 is 11.1 Å². The number of benzene rings is 1. The van der Waals surface area contributed by atoms with Crippen LogP contribution in [-0.2, 0) is 6.54 Å². The van der Waals surface area contributed by atoms with Crippen molar-refractivity contribution in [2.45, 2.75) is 13.5 Å². The number of aromatic nitrogens is 2. The second kappa shape index (κ2) is 4.61. The van der Waals surface area contributed by atoms with Crippen LogP contribution in [0.4, 0.5) is 11.5 Å². The maximum absolute atomic E-state index is 5.70. The van der Waals surface area contributed by atoms with Crippen molar-refractivity contribution in [2.75, 3.05) is 11.1 Å². The molecule has 2 aromatic rings. The molecular formula is C12H14N4. The van der Waals surface area contributed by atoms with E-state index < -0.39 is 0 Å². The van der Waals surface area contributed by atoms with Gasteiger partial charge in [-0.2, -0.15) is 0 Å². The highest BCUT2D eigenvalue weighted by Gasteiger charge is 1.96.